The maximum absolute atomic E-state index is 10.4. The SMILES string of the molecule is Cl.O=C(O)COc1ccc(CCNCC(O)c2cccc(Cl)c2)cc1. The zero-order valence-corrected chi connectivity index (χ0v) is 15.1. The molecule has 5 nitrogen and oxygen atoms in total. The molecule has 2 aromatic carbocycles. The van der Waals surface area contributed by atoms with E-state index in [-0.39, 0.29) is 19.0 Å². The van der Waals surface area contributed by atoms with Crippen LogP contribution in [0.15, 0.2) is 48.5 Å². The molecule has 0 aliphatic rings. The van der Waals surface area contributed by atoms with Crippen molar-refractivity contribution in [2.24, 2.45) is 0 Å². The number of carbonyl (C=O) groups is 1. The smallest absolute Gasteiger partial charge is 0.341 e. The molecule has 0 heterocycles. The molecule has 136 valence electrons. The van der Waals surface area contributed by atoms with Crippen LogP contribution in [-0.4, -0.2) is 35.9 Å². The number of aliphatic hydroxyl groups excluding tert-OH is 1. The Morgan fingerprint density at radius 3 is 2.56 bits per heavy atom. The van der Waals surface area contributed by atoms with E-state index in [0.29, 0.717) is 23.9 Å². The largest absolute Gasteiger partial charge is 0.482 e. The fourth-order valence-corrected chi connectivity index (χ4v) is 2.40. The molecule has 1 unspecified atom stereocenters. The van der Waals surface area contributed by atoms with Crippen LogP contribution in [-0.2, 0) is 11.2 Å². The average Bonchev–Trinajstić information content (AvgIpc) is 2.57. The summed E-state index contributed by atoms with van der Waals surface area (Å²) in [6.45, 7) is 0.815. The van der Waals surface area contributed by atoms with Crippen LogP contribution < -0.4 is 10.1 Å². The van der Waals surface area contributed by atoms with E-state index in [9.17, 15) is 9.90 Å². The second-order valence-corrected chi connectivity index (χ2v) is 5.79. The quantitative estimate of drug-likeness (QED) is 0.578. The first-order chi connectivity index (χ1) is 11.5. The zero-order chi connectivity index (χ0) is 17.4. The number of aliphatic hydroxyl groups is 1. The molecule has 0 bridgehead atoms. The number of carboxylic acid groups (broad SMARTS) is 1. The molecule has 25 heavy (non-hydrogen) atoms. The predicted octanol–water partition coefficient (Wildman–Crippen LogP) is 3.09. The van der Waals surface area contributed by atoms with Crippen LogP contribution in [0.4, 0.5) is 0 Å². The van der Waals surface area contributed by atoms with E-state index in [4.69, 9.17) is 21.4 Å². The maximum Gasteiger partial charge on any atom is 0.341 e. The third kappa shape index (κ3) is 7.75. The number of rotatable bonds is 9. The molecule has 0 radical (unpaired) electrons. The number of halogens is 2. The number of aliphatic carboxylic acids is 1. The molecule has 0 saturated heterocycles. The number of benzene rings is 2. The highest BCUT2D eigenvalue weighted by Crippen LogP contribution is 2.17. The molecule has 3 N–H and O–H groups in total. The molecule has 0 spiro atoms. The molecular formula is C18H21Cl2NO4. The first-order valence-corrected chi connectivity index (χ1v) is 8.00. The van der Waals surface area contributed by atoms with Crippen molar-refractivity contribution in [2.45, 2.75) is 12.5 Å². The Kier molecular flexibility index (Phi) is 9.31. The van der Waals surface area contributed by atoms with Gasteiger partial charge in [0.1, 0.15) is 5.75 Å². The lowest BCUT2D eigenvalue weighted by Gasteiger charge is -2.12. The van der Waals surface area contributed by atoms with E-state index in [1.54, 1.807) is 24.3 Å². The van der Waals surface area contributed by atoms with Crippen LogP contribution in [0.1, 0.15) is 17.2 Å². The first-order valence-electron chi connectivity index (χ1n) is 7.62. The van der Waals surface area contributed by atoms with Gasteiger partial charge in [-0.1, -0.05) is 35.9 Å². The standard InChI is InChI=1S/C18H20ClNO4.ClH/c19-15-3-1-2-14(10-15)17(21)11-20-9-8-13-4-6-16(7-5-13)24-12-18(22)23;/h1-7,10,17,20-21H,8-9,11-12H2,(H,22,23);1H. The molecule has 1 atom stereocenters. The number of carboxylic acids is 1. The number of nitrogens with one attached hydrogen (secondary N) is 1. The molecule has 0 aromatic heterocycles. The van der Waals surface area contributed by atoms with Gasteiger partial charge >= 0.3 is 5.97 Å². The molecule has 2 rings (SSSR count). The molecule has 0 aliphatic carbocycles. The van der Waals surface area contributed by atoms with Gasteiger partial charge in [0.15, 0.2) is 6.61 Å². The molecule has 2 aromatic rings. The summed E-state index contributed by atoms with van der Waals surface area (Å²) in [5.41, 5.74) is 1.89. The molecule has 0 aliphatic heterocycles. The molecular weight excluding hydrogens is 365 g/mol. The van der Waals surface area contributed by atoms with E-state index in [0.717, 1.165) is 17.5 Å². The summed E-state index contributed by atoms with van der Waals surface area (Å²) in [4.78, 5) is 10.4. The third-order valence-electron chi connectivity index (χ3n) is 3.45. The predicted molar refractivity (Wildman–Crippen MR) is 99.8 cm³/mol. The van der Waals surface area contributed by atoms with E-state index >= 15 is 0 Å². The van der Waals surface area contributed by atoms with Crippen LogP contribution >= 0.6 is 24.0 Å². The topological polar surface area (TPSA) is 78.8 Å². The highest BCUT2D eigenvalue weighted by atomic mass is 35.5. The van der Waals surface area contributed by atoms with Gasteiger partial charge in [-0.15, -0.1) is 12.4 Å². The van der Waals surface area contributed by atoms with Crippen LogP contribution in [0.3, 0.4) is 0 Å². The highest BCUT2D eigenvalue weighted by Gasteiger charge is 2.07. The Morgan fingerprint density at radius 2 is 1.92 bits per heavy atom. The summed E-state index contributed by atoms with van der Waals surface area (Å²) < 4.78 is 5.08. The third-order valence-corrected chi connectivity index (χ3v) is 3.68. The van der Waals surface area contributed by atoms with Crippen molar-refractivity contribution >= 4 is 30.0 Å². The summed E-state index contributed by atoms with van der Waals surface area (Å²) >= 11 is 5.91. The van der Waals surface area contributed by atoms with Crippen LogP contribution in [0, 0.1) is 0 Å². The second-order valence-electron chi connectivity index (χ2n) is 5.35. The van der Waals surface area contributed by atoms with Gasteiger partial charge in [0.25, 0.3) is 0 Å². The Bertz CT molecular complexity index is 664. The summed E-state index contributed by atoms with van der Waals surface area (Å²) in [5.74, 6) is -0.466. The minimum atomic E-state index is -0.999. The van der Waals surface area contributed by atoms with Gasteiger partial charge in [-0.3, -0.25) is 0 Å². The van der Waals surface area contributed by atoms with Gasteiger partial charge in [-0.2, -0.15) is 0 Å². The normalized spacial score (nSPS) is 11.4. The average molecular weight is 386 g/mol. The van der Waals surface area contributed by atoms with Crippen molar-refractivity contribution in [1.82, 2.24) is 5.32 Å². The Balaban J connectivity index is 0.00000312. The van der Waals surface area contributed by atoms with Gasteiger partial charge in [0, 0.05) is 11.6 Å². The Labute approximate surface area is 158 Å². The lowest BCUT2D eigenvalue weighted by Crippen LogP contribution is -2.23. The monoisotopic (exact) mass is 385 g/mol. The van der Waals surface area contributed by atoms with E-state index in [1.165, 1.54) is 0 Å². The van der Waals surface area contributed by atoms with Gasteiger partial charge in [0.05, 0.1) is 6.10 Å². The van der Waals surface area contributed by atoms with E-state index in [2.05, 4.69) is 5.32 Å². The van der Waals surface area contributed by atoms with Gasteiger partial charge in [-0.25, -0.2) is 4.79 Å². The summed E-state index contributed by atoms with van der Waals surface area (Å²) in [5, 5.41) is 22.5. The van der Waals surface area contributed by atoms with Gasteiger partial charge in [-0.05, 0) is 48.4 Å². The number of ether oxygens (including phenoxy) is 1. The lowest BCUT2D eigenvalue weighted by molar-refractivity contribution is -0.139. The summed E-state index contributed by atoms with van der Waals surface area (Å²) in [7, 11) is 0. The summed E-state index contributed by atoms with van der Waals surface area (Å²) in [6.07, 6.45) is 0.192. The van der Waals surface area contributed by atoms with Crippen molar-refractivity contribution < 1.29 is 19.7 Å². The van der Waals surface area contributed by atoms with Crippen LogP contribution in [0.25, 0.3) is 0 Å². The van der Waals surface area contributed by atoms with Crippen molar-refractivity contribution in [3.8, 4) is 5.75 Å². The van der Waals surface area contributed by atoms with E-state index < -0.39 is 12.1 Å². The second kappa shape index (κ2) is 10.9. The number of hydrogen-bond donors (Lipinski definition) is 3. The van der Waals surface area contributed by atoms with Crippen LogP contribution in [0.2, 0.25) is 5.02 Å². The maximum atomic E-state index is 10.4. The minimum absolute atomic E-state index is 0. The van der Waals surface area contributed by atoms with Crippen LogP contribution in [0.5, 0.6) is 5.75 Å². The summed E-state index contributed by atoms with van der Waals surface area (Å²) in [6, 6.07) is 14.5. The van der Waals surface area contributed by atoms with Crippen molar-refractivity contribution in [3.63, 3.8) is 0 Å². The fraction of sp³-hybridized carbons (Fsp3) is 0.278. The van der Waals surface area contributed by atoms with Crippen molar-refractivity contribution in [2.75, 3.05) is 19.7 Å². The van der Waals surface area contributed by atoms with Gasteiger partial charge in [0.2, 0.25) is 0 Å². The fourth-order valence-electron chi connectivity index (χ4n) is 2.20. The zero-order valence-electron chi connectivity index (χ0n) is 13.5. The van der Waals surface area contributed by atoms with E-state index in [1.807, 2.05) is 24.3 Å². The molecule has 7 heteroatoms. The van der Waals surface area contributed by atoms with Crippen molar-refractivity contribution in [1.29, 1.82) is 0 Å². The highest BCUT2D eigenvalue weighted by molar-refractivity contribution is 6.30. The molecule has 0 saturated carbocycles. The molecule has 0 fully saturated rings. The van der Waals surface area contributed by atoms with Crippen molar-refractivity contribution in [3.05, 3.63) is 64.7 Å². The Hall–Kier alpha value is -1.79. The molecule has 0 amide bonds. The number of hydrogen-bond acceptors (Lipinski definition) is 4. The lowest BCUT2D eigenvalue weighted by atomic mass is 10.1. The van der Waals surface area contributed by atoms with Gasteiger partial charge < -0.3 is 20.3 Å². The minimum Gasteiger partial charge on any atom is -0.482 e. The first kappa shape index (κ1) is 21.3. The Morgan fingerprint density at radius 1 is 1.20 bits per heavy atom.